The highest BCUT2D eigenvalue weighted by molar-refractivity contribution is 6.02. The number of rotatable bonds is 10. The van der Waals surface area contributed by atoms with Gasteiger partial charge in [0.25, 0.3) is 5.91 Å². The number of carbonyl (C=O) groups excluding carboxylic acids is 1. The maximum absolute atomic E-state index is 13.0. The topological polar surface area (TPSA) is 77.2 Å². The molecule has 1 amide bonds. The zero-order valence-corrected chi connectivity index (χ0v) is 20.3. The van der Waals surface area contributed by atoms with Gasteiger partial charge in [-0.15, -0.1) is 0 Å². The summed E-state index contributed by atoms with van der Waals surface area (Å²) in [6.07, 6.45) is 1.74. The molecule has 0 aliphatic carbocycles. The molecule has 0 spiro atoms. The predicted octanol–water partition coefficient (Wildman–Crippen LogP) is 4.48. The van der Waals surface area contributed by atoms with Crippen molar-refractivity contribution in [2.75, 3.05) is 25.0 Å². The van der Waals surface area contributed by atoms with Crippen molar-refractivity contribution in [3.63, 3.8) is 0 Å². The third kappa shape index (κ3) is 5.28. The fraction of sp³-hybridized carbons (Fsp3) is 0.346. The Morgan fingerprint density at radius 1 is 1.09 bits per heavy atom. The Morgan fingerprint density at radius 2 is 1.88 bits per heavy atom. The van der Waals surface area contributed by atoms with Crippen molar-refractivity contribution in [1.82, 2.24) is 24.2 Å². The molecule has 0 aliphatic rings. The molecule has 2 heterocycles. The SMILES string of the molecule is CCN(CC)CCn1c(NC(=O)c2ccn(COc3cc(C)ccc3C)n2)nc2ccccc21. The van der Waals surface area contributed by atoms with E-state index in [1.54, 1.807) is 16.9 Å². The van der Waals surface area contributed by atoms with Crippen molar-refractivity contribution in [3.8, 4) is 5.75 Å². The molecule has 0 radical (unpaired) electrons. The summed E-state index contributed by atoms with van der Waals surface area (Å²) in [5.41, 5.74) is 4.35. The second kappa shape index (κ2) is 10.5. The van der Waals surface area contributed by atoms with Gasteiger partial charge in [0, 0.05) is 19.3 Å². The minimum atomic E-state index is -0.301. The Bertz CT molecular complexity index is 1270. The molecule has 8 heteroatoms. The minimum Gasteiger partial charge on any atom is -0.471 e. The van der Waals surface area contributed by atoms with Crippen LogP contribution in [0.5, 0.6) is 5.75 Å². The molecule has 0 bridgehead atoms. The lowest BCUT2D eigenvalue weighted by atomic mass is 10.1. The van der Waals surface area contributed by atoms with Crippen LogP contribution in [0.4, 0.5) is 5.95 Å². The highest BCUT2D eigenvalue weighted by Gasteiger charge is 2.17. The summed E-state index contributed by atoms with van der Waals surface area (Å²) in [6, 6.07) is 15.7. The number of fused-ring (bicyclic) bond motifs is 1. The van der Waals surface area contributed by atoms with Gasteiger partial charge in [-0.3, -0.25) is 10.1 Å². The molecule has 0 saturated carbocycles. The van der Waals surface area contributed by atoms with E-state index in [1.807, 2.05) is 56.3 Å². The Morgan fingerprint density at radius 3 is 2.68 bits per heavy atom. The van der Waals surface area contributed by atoms with Crippen molar-refractivity contribution >= 4 is 22.9 Å². The molecule has 178 valence electrons. The molecule has 2 aromatic heterocycles. The number of amides is 1. The van der Waals surface area contributed by atoms with Crippen LogP contribution in [0.25, 0.3) is 11.0 Å². The van der Waals surface area contributed by atoms with Crippen LogP contribution >= 0.6 is 0 Å². The van der Waals surface area contributed by atoms with Gasteiger partial charge in [0.2, 0.25) is 5.95 Å². The molecule has 4 rings (SSSR count). The number of aryl methyl sites for hydroxylation is 2. The lowest BCUT2D eigenvalue weighted by Gasteiger charge is -2.19. The van der Waals surface area contributed by atoms with Gasteiger partial charge in [0.05, 0.1) is 11.0 Å². The Hall–Kier alpha value is -3.65. The fourth-order valence-electron chi connectivity index (χ4n) is 3.90. The molecule has 0 saturated heterocycles. The van der Waals surface area contributed by atoms with Gasteiger partial charge in [0.15, 0.2) is 12.4 Å². The second-order valence-electron chi connectivity index (χ2n) is 8.34. The predicted molar refractivity (Wildman–Crippen MR) is 134 cm³/mol. The van der Waals surface area contributed by atoms with E-state index in [4.69, 9.17) is 4.74 Å². The van der Waals surface area contributed by atoms with Gasteiger partial charge in [-0.25, -0.2) is 9.67 Å². The zero-order valence-electron chi connectivity index (χ0n) is 20.3. The number of anilines is 1. The largest absolute Gasteiger partial charge is 0.471 e. The molecule has 1 N–H and O–H groups in total. The van der Waals surface area contributed by atoms with Crippen LogP contribution in [-0.2, 0) is 13.3 Å². The molecule has 0 fully saturated rings. The number of para-hydroxylation sites is 2. The van der Waals surface area contributed by atoms with Crippen molar-refractivity contribution in [2.24, 2.45) is 0 Å². The summed E-state index contributed by atoms with van der Waals surface area (Å²) in [5.74, 6) is 1.04. The minimum absolute atomic E-state index is 0.222. The normalized spacial score (nSPS) is 11.3. The van der Waals surface area contributed by atoms with Crippen LogP contribution in [0.3, 0.4) is 0 Å². The van der Waals surface area contributed by atoms with Crippen LogP contribution in [0.1, 0.15) is 35.5 Å². The molecule has 0 aliphatic heterocycles. The van der Waals surface area contributed by atoms with Crippen LogP contribution in [0.15, 0.2) is 54.7 Å². The molecular formula is C26H32N6O2. The molecule has 8 nitrogen and oxygen atoms in total. The number of imidazole rings is 1. The van der Waals surface area contributed by atoms with E-state index in [0.29, 0.717) is 11.6 Å². The number of nitrogens with zero attached hydrogens (tertiary/aromatic N) is 5. The number of nitrogens with one attached hydrogen (secondary N) is 1. The summed E-state index contributed by atoms with van der Waals surface area (Å²) in [5, 5.41) is 7.35. The first kappa shape index (κ1) is 23.5. The molecule has 2 aromatic carbocycles. The highest BCUT2D eigenvalue weighted by atomic mass is 16.5. The number of aromatic nitrogens is 4. The quantitative estimate of drug-likeness (QED) is 0.378. The third-order valence-electron chi connectivity index (χ3n) is 5.98. The van der Waals surface area contributed by atoms with E-state index in [2.05, 4.69) is 38.7 Å². The average molecular weight is 461 g/mol. The standard InChI is InChI=1S/C26H32N6O2/c1-5-30(6-2)15-16-32-23-10-8-7-9-21(23)27-26(32)28-25(33)22-13-14-31(29-22)18-34-24-17-19(3)11-12-20(24)4/h7-14,17H,5-6,15-16,18H2,1-4H3,(H,27,28,33). The maximum Gasteiger partial charge on any atom is 0.278 e. The van der Waals surface area contributed by atoms with E-state index in [1.165, 1.54) is 0 Å². The Labute approximate surface area is 200 Å². The van der Waals surface area contributed by atoms with Crippen molar-refractivity contribution in [2.45, 2.75) is 41.0 Å². The van der Waals surface area contributed by atoms with E-state index < -0.39 is 0 Å². The lowest BCUT2D eigenvalue weighted by Crippen LogP contribution is -2.27. The smallest absolute Gasteiger partial charge is 0.278 e. The third-order valence-corrected chi connectivity index (χ3v) is 5.98. The van der Waals surface area contributed by atoms with Crippen LogP contribution in [-0.4, -0.2) is 49.8 Å². The molecule has 4 aromatic rings. The van der Waals surface area contributed by atoms with E-state index in [-0.39, 0.29) is 12.6 Å². The van der Waals surface area contributed by atoms with Gasteiger partial charge in [-0.1, -0.05) is 38.1 Å². The van der Waals surface area contributed by atoms with Gasteiger partial charge in [-0.2, -0.15) is 5.10 Å². The van der Waals surface area contributed by atoms with Gasteiger partial charge in [-0.05, 0) is 62.3 Å². The number of hydrogen-bond donors (Lipinski definition) is 1. The number of ether oxygens (including phenoxy) is 1. The summed E-state index contributed by atoms with van der Waals surface area (Å²) in [6.45, 7) is 12.1. The maximum atomic E-state index is 13.0. The summed E-state index contributed by atoms with van der Waals surface area (Å²) in [4.78, 5) is 20.0. The first-order valence-electron chi connectivity index (χ1n) is 11.7. The number of carbonyl (C=O) groups is 1. The second-order valence-corrected chi connectivity index (χ2v) is 8.34. The van der Waals surface area contributed by atoms with Gasteiger partial charge >= 0.3 is 0 Å². The molecular weight excluding hydrogens is 428 g/mol. The Balaban J connectivity index is 1.47. The lowest BCUT2D eigenvalue weighted by molar-refractivity contribution is 0.101. The van der Waals surface area contributed by atoms with Gasteiger partial charge in [0.1, 0.15) is 5.75 Å². The van der Waals surface area contributed by atoms with Crippen molar-refractivity contribution < 1.29 is 9.53 Å². The molecule has 34 heavy (non-hydrogen) atoms. The zero-order chi connectivity index (χ0) is 24.1. The van der Waals surface area contributed by atoms with E-state index >= 15 is 0 Å². The average Bonchev–Trinajstić information content (AvgIpc) is 3.45. The molecule has 0 unspecified atom stereocenters. The van der Waals surface area contributed by atoms with E-state index in [9.17, 15) is 4.79 Å². The van der Waals surface area contributed by atoms with Crippen LogP contribution in [0, 0.1) is 13.8 Å². The monoisotopic (exact) mass is 460 g/mol. The first-order chi connectivity index (χ1) is 16.5. The van der Waals surface area contributed by atoms with Gasteiger partial charge < -0.3 is 14.2 Å². The molecule has 0 atom stereocenters. The summed E-state index contributed by atoms with van der Waals surface area (Å²) < 4.78 is 9.57. The highest BCUT2D eigenvalue weighted by Crippen LogP contribution is 2.21. The van der Waals surface area contributed by atoms with Crippen molar-refractivity contribution in [3.05, 3.63) is 71.5 Å². The Kier molecular flexibility index (Phi) is 7.27. The number of hydrogen-bond acceptors (Lipinski definition) is 5. The number of benzene rings is 2. The summed E-state index contributed by atoms with van der Waals surface area (Å²) in [7, 11) is 0. The summed E-state index contributed by atoms with van der Waals surface area (Å²) >= 11 is 0. The van der Waals surface area contributed by atoms with E-state index in [0.717, 1.165) is 54.1 Å². The fourth-order valence-corrected chi connectivity index (χ4v) is 3.90. The van der Waals surface area contributed by atoms with Crippen molar-refractivity contribution in [1.29, 1.82) is 0 Å². The first-order valence-corrected chi connectivity index (χ1v) is 11.7. The number of likely N-dealkylation sites (N-methyl/N-ethyl adjacent to an activating group) is 1. The van der Waals surface area contributed by atoms with Crippen LogP contribution in [0.2, 0.25) is 0 Å². The van der Waals surface area contributed by atoms with Crippen LogP contribution < -0.4 is 10.1 Å².